The van der Waals surface area contributed by atoms with E-state index >= 15 is 0 Å². The van der Waals surface area contributed by atoms with E-state index < -0.39 is 10.0 Å². The van der Waals surface area contributed by atoms with Crippen LogP contribution in [0.3, 0.4) is 0 Å². The van der Waals surface area contributed by atoms with Gasteiger partial charge in [0.05, 0.1) is 5.69 Å². The van der Waals surface area contributed by atoms with Crippen LogP contribution in [0.5, 0.6) is 0 Å². The van der Waals surface area contributed by atoms with Crippen LogP contribution in [0.2, 0.25) is 0 Å². The Morgan fingerprint density at radius 3 is 2.62 bits per heavy atom. The summed E-state index contributed by atoms with van der Waals surface area (Å²) in [4.78, 5) is 16.9. The molecule has 0 radical (unpaired) electrons. The number of sulfonamides is 1. The van der Waals surface area contributed by atoms with Gasteiger partial charge in [0.2, 0.25) is 0 Å². The summed E-state index contributed by atoms with van der Waals surface area (Å²) >= 11 is 3.35. The number of rotatable bonds is 4. The number of aromatic amines is 1. The van der Waals surface area contributed by atoms with E-state index in [4.69, 9.17) is 0 Å². The maximum Gasteiger partial charge on any atom is 0.270 e. The van der Waals surface area contributed by atoms with Gasteiger partial charge in [0, 0.05) is 23.8 Å². The molecule has 1 aromatic carbocycles. The van der Waals surface area contributed by atoms with Crippen LogP contribution in [0.4, 0.5) is 5.69 Å². The third kappa shape index (κ3) is 3.49. The summed E-state index contributed by atoms with van der Waals surface area (Å²) in [5.74, 6) is -0.162. The molecule has 0 bridgehead atoms. The van der Waals surface area contributed by atoms with Crippen molar-refractivity contribution < 1.29 is 13.2 Å². The van der Waals surface area contributed by atoms with Crippen molar-refractivity contribution in [3.05, 3.63) is 46.2 Å². The van der Waals surface area contributed by atoms with Crippen molar-refractivity contribution in [3.8, 4) is 0 Å². The second kappa shape index (κ2) is 6.60. The molecule has 3 rings (SSSR count). The number of aromatic nitrogens is 1. The van der Waals surface area contributed by atoms with Crippen LogP contribution in [0.15, 0.2) is 39.8 Å². The third-order valence-corrected chi connectivity index (χ3v) is 5.96. The van der Waals surface area contributed by atoms with Gasteiger partial charge in [-0.3, -0.25) is 9.52 Å². The average Bonchev–Trinajstić information content (AvgIpc) is 3.20. The molecule has 1 aromatic heterocycles. The first kappa shape index (κ1) is 17.0. The minimum Gasteiger partial charge on any atom is -0.356 e. The van der Waals surface area contributed by atoms with E-state index in [-0.39, 0.29) is 10.8 Å². The highest BCUT2D eigenvalue weighted by atomic mass is 79.9. The number of amides is 1. The van der Waals surface area contributed by atoms with E-state index in [1.807, 2.05) is 19.1 Å². The predicted octanol–water partition coefficient (Wildman–Crippen LogP) is 3.12. The number of likely N-dealkylation sites (tertiary alicyclic amines) is 1. The minimum absolute atomic E-state index is 0.0394. The van der Waals surface area contributed by atoms with Crippen molar-refractivity contribution in [2.45, 2.75) is 24.7 Å². The molecule has 6 nitrogen and oxygen atoms in total. The molecular formula is C16H18BrN3O3S. The Hall–Kier alpha value is -1.80. The Labute approximate surface area is 149 Å². The highest BCUT2D eigenvalue weighted by molar-refractivity contribution is 9.10. The van der Waals surface area contributed by atoms with Crippen LogP contribution in [0.25, 0.3) is 0 Å². The fourth-order valence-corrected chi connectivity index (χ4v) is 4.45. The van der Waals surface area contributed by atoms with Gasteiger partial charge in [-0.1, -0.05) is 6.07 Å². The highest BCUT2D eigenvalue weighted by Gasteiger charge is 2.24. The van der Waals surface area contributed by atoms with Gasteiger partial charge >= 0.3 is 0 Å². The van der Waals surface area contributed by atoms with E-state index in [9.17, 15) is 13.2 Å². The number of halogens is 1. The van der Waals surface area contributed by atoms with E-state index in [1.54, 1.807) is 11.0 Å². The molecule has 2 heterocycles. The molecule has 2 aromatic rings. The van der Waals surface area contributed by atoms with Crippen LogP contribution in [-0.4, -0.2) is 37.3 Å². The normalized spacial score (nSPS) is 14.8. The Bertz CT molecular complexity index is 870. The number of H-pyrrole nitrogens is 1. The molecule has 1 aliphatic heterocycles. The summed E-state index contributed by atoms with van der Waals surface area (Å²) in [6, 6.07) is 6.73. The molecule has 0 unspecified atom stereocenters. The summed E-state index contributed by atoms with van der Waals surface area (Å²) < 4.78 is 28.2. The number of nitrogens with zero attached hydrogens (tertiary/aromatic N) is 1. The van der Waals surface area contributed by atoms with Crippen LogP contribution < -0.4 is 4.72 Å². The fraction of sp³-hybridized carbons (Fsp3) is 0.312. The number of benzene rings is 1. The second-order valence-electron chi connectivity index (χ2n) is 5.84. The van der Waals surface area contributed by atoms with Crippen molar-refractivity contribution in [2.75, 3.05) is 17.8 Å². The van der Waals surface area contributed by atoms with Gasteiger partial charge < -0.3 is 9.88 Å². The molecule has 1 aliphatic rings. The lowest BCUT2D eigenvalue weighted by atomic mass is 10.2. The number of nitrogens with one attached hydrogen (secondary N) is 2. The lowest BCUT2D eigenvalue weighted by molar-refractivity contribution is 0.0787. The molecule has 128 valence electrons. The van der Waals surface area contributed by atoms with Gasteiger partial charge in [-0.15, -0.1) is 0 Å². The Morgan fingerprint density at radius 2 is 1.96 bits per heavy atom. The molecule has 0 spiro atoms. The SMILES string of the molecule is Cc1ccc(NS(=O)(=O)c2c[nH]c(C(=O)N3CCCC3)c2)c(Br)c1. The molecule has 0 atom stereocenters. The van der Waals surface area contributed by atoms with Gasteiger partial charge in [0.15, 0.2) is 0 Å². The largest absolute Gasteiger partial charge is 0.356 e. The van der Waals surface area contributed by atoms with Crippen molar-refractivity contribution in [1.82, 2.24) is 9.88 Å². The minimum atomic E-state index is -3.77. The lowest BCUT2D eigenvalue weighted by Crippen LogP contribution is -2.27. The van der Waals surface area contributed by atoms with Gasteiger partial charge in [-0.05, 0) is 59.5 Å². The molecular weight excluding hydrogens is 394 g/mol. The third-order valence-electron chi connectivity index (χ3n) is 3.96. The summed E-state index contributed by atoms with van der Waals surface area (Å²) in [6.45, 7) is 3.36. The highest BCUT2D eigenvalue weighted by Crippen LogP contribution is 2.26. The smallest absolute Gasteiger partial charge is 0.270 e. The summed E-state index contributed by atoms with van der Waals surface area (Å²) in [5.41, 5.74) is 1.76. The first-order valence-electron chi connectivity index (χ1n) is 7.63. The van der Waals surface area contributed by atoms with Crippen LogP contribution in [0.1, 0.15) is 28.9 Å². The Balaban J connectivity index is 1.81. The molecule has 24 heavy (non-hydrogen) atoms. The molecule has 0 aliphatic carbocycles. The van der Waals surface area contributed by atoms with Crippen molar-refractivity contribution in [2.24, 2.45) is 0 Å². The zero-order valence-corrected chi connectivity index (χ0v) is 15.6. The van der Waals surface area contributed by atoms with Crippen LogP contribution >= 0.6 is 15.9 Å². The fourth-order valence-electron chi connectivity index (χ4n) is 2.65. The second-order valence-corrected chi connectivity index (χ2v) is 8.37. The number of hydrogen-bond donors (Lipinski definition) is 2. The Morgan fingerprint density at radius 1 is 1.25 bits per heavy atom. The van der Waals surface area contributed by atoms with Crippen LogP contribution in [0, 0.1) is 6.92 Å². The van der Waals surface area contributed by atoms with Gasteiger partial charge in [-0.25, -0.2) is 8.42 Å². The first-order valence-corrected chi connectivity index (χ1v) is 9.91. The van der Waals surface area contributed by atoms with Crippen molar-refractivity contribution in [3.63, 3.8) is 0 Å². The van der Waals surface area contributed by atoms with E-state index in [0.717, 1.165) is 18.4 Å². The van der Waals surface area contributed by atoms with E-state index in [1.165, 1.54) is 12.3 Å². The van der Waals surface area contributed by atoms with Gasteiger partial charge in [-0.2, -0.15) is 0 Å². The van der Waals surface area contributed by atoms with E-state index in [0.29, 0.717) is 28.9 Å². The topological polar surface area (TPSA) is 82.3 Å². The lowest BCUT2D eigenvalue weighted by Gasteiger charge is -2.13. The summed E-state index contributed by atoms with van der Waals surface area (Å²) in [7, 11) is -3.77. The zero-order chi connectivity index (χ0) is 17.3. The monoisotopic (exact) mass is 411 g/mol. The standard InChI is InChI=1S/C16H18BrN3O3S/c1-11-4-5-14(13(17)8-11)19-24(22,23)12-9-15(18-10-12)16(21)20-6-2-3-7-20/h4-5,8-10,18-19H,2-3,6-7H2,1H3. The van der Waals surface area contributed by atoms with Crippen molar-refractivity contribution in [1.29, 1.82) is 0 Å². The van der Waals surface area contributed by atoms with Crippen molar-refractivity contribution >= 4 is 37.5 Å². The average molecular weight is 412 g/mol. The number of carbonyl (C=O) groups is 1. The maximum absolute atomic E-state index is 12.5. The molecule has 1 saturated heterocycles. The molecule has 8 heteroatoms. The number of anilines is 1. The molecule has 1 fully saturated rings. The quantitative estimate of drug-likeness (QED) is 0.810. The number of aryl methyl sites for hydroxylation is 1. The predicted molar refractivity (Wildman–Crippen MR) is 95.6 cm³/mol. The summed E-state index contributed by atoms with van der Waals surface area (Å²) in [6.07, 6.45) is 3.31. The Kier molecular flexibility index (Phi) is 4.69. The van der Waals surface area contributed by atoms with Crippen LogP contribution in [-0.2, 0) is 10.0 Å². The zero-order valence-electron chi connectivity index (χ0n) is 13.2. The number of carbonyl (C=O) groups excluding carboxylic acids is 1. The maximum atomic E-state index is 12.5. The first-order chi connectivity index (χ1) is 11.4. The van der Waals surface area contributed by atoms with Gasteiger partial charge in [0.25, 0.3) is 15.9 Å². The molecule has 0 saturated carbocycles. The number of hydrogen-bond acceptors (Lipinski definition) is 3. The molecule has 2 N–H and O–H groups in total. The summed E-state index contributed by atoms with van der Waals surface area (Å²) in [5, 5.41) is 0. The molecule has 1 amide bonds. The van der Waals surface area contributed by atoms with E-state index in [2.05, 4.69) is 25.6 Å². The van der Waals surface area contributed by atoms with Gasteiger partial charge in [0.1, 0.15) is 10.6 Å².